The summed E-state index contributed by atoms with van der Waals surface area (Å²) in [5.41, 5.74) is 1.18. The summed E-state index contributed by atoms with van der Waals surface area (Å²) in [6.07, 6.45) is 9.88. The monoisotopic (exact) mass is 426 g/mol. The van der Waals surface area contributed by atoms with Gasteiger partial charge in [-0.05, 0) is 36.8 Å². The zero-order valence-electron chi connectivity index (χ0n) is 17.1. The molecule has 0 atom stereocenters. The van der Waals surface area contributed by atoms with Gasteiger partial charge < -0.3 is 10.2 Å². The van der Waals surface area contributed by atoms with Crippen molar-refractivity contribution in [1.82, 2.24) is 24.5 Å². The van der Waals surface area contributed by atoms with E-state index in [0.29, 0.717) is 18.0 Å². The molecule has 4 rings (SSSR count). The van der Waals surface area contributed by atoms with Gasteiger partial charge in [0.1, 0.15) is 6.54 Å². The number of carbonyl (C=O) groups excluding carboxylic acids is 1. The molecule has 1 aromatic carbocycles. The van der Waals surface area contributed by atoms with Gasteiger partial charge in [-0.1, -0.05) is 25.0 Å². The Hall–Kier alpha value is -2.81. The maximum absolute atomic E-state index is 12.7. The molecule has 0 aliphatic carbocycles. The third-order valence-electron chi connectivity index (χ3n) is 5.33. The van der Waals surface area contributed by atoms with Gasteiger partial charge in [0.05, 0.1) is 0 Å². The number of nitrogens with zero attached hydrogens (tertiary/aromatic N) is 5. The molecule has 9 heteroatoms. The number of hydrogen-bond donors (Lipinski definition) is 1. The highest BCUT2D eigenvalue weighted by molar-refractivity contribution is 7.98. The molecule has 158 valence electrons. The zero-order chi connectivity index (χ0) is 20.9. The minimum Gasteiger partial charge on any atom is -0.353 e. The van der Waals surface area contributed by atoms with Crippen LogP contribution in [0.3, 0.4) is 0 Å². The molecule has 0 saturated carbocycles. The molecule has 0 unspecified atom stereocenters. The van der Waals surface area contributed by atoms with Crippen LogP contribution in [0.5, 0.6) is 0 Å². The van der Waals surface area contributed by atoms with Gasteiger partial charge in [0.15, 0.2) is 5.82 Å². The van der Waals surface area contributed by atoms with Crippen LogP contribution in [0.15, 0.2) is 46.3 Å². The molecule has 8 nitrogen and oxygen atoms in total. The molecule has 3 heterocycles. The summed E-state index contributed by atoms with van der Waals surface area (Å²) < 4.78 is 2.69. The van der Waals surface area contributed by atoms with E-state index in [2.05, 4.69) is 20.3 Å². The lowest BCUT2D eigenvalue weighted by Crippen LogP contribution is -2.32. The largest absolute Gasteiger partial charge is 0.353 e. The van der Waals surface area contributed by atoms with E-state index in [1.54, 1.807) is 24.2 Å². The summed E-state index contributed by atoms with van der Waals surface area (Å²) in [7, 11) is 0. The topological polar surface area (TPSA) is 84.5 Å². The number of thioether (sulfide) groups is 1. The predicted molar refractivity (Wildman–Crippen MR) is 118 cm³/mol. The van der Waals surface area contributed by atoms with Crippen LogP contribution in [0.4, 0.5) is 5.82 Å². The van der Waals surface area contributed by atoms with Gasteiger partial charge in [0, 0.05) is 36.9 Å². The van der Waals surface area contributed by atoms with Crippen molar-refractivity contribution in [2.45, 2.75) is 43.7 Å². The number of rotatable bonds is 6. The van der Waals surface area contributed by atoms with Crippen LogP contribution in [-0.4, -0.2) is 44.4 Å². The second-order valence-corrected chi connectivity index (χ2v) is 8.29. The fourth-order valence-corrected chi connectivity index (χ4v) is 4.09. The van der Waals surface area contributed by atoms with E-state index in [4.69, 9.17) is 0 Å². The van der Waals surface area contributed by atoms with Gasteiger partial charge in [-0.25, -0.2) is 18.9 Å². The summed E-state index contributed by atoms with van der Waals surface area (Å²) >= 11 is 1.68. The van der Waals surface area contributed by atoms with Crippen molar-refractivity contribution in [2.75, 3.05) is 24.2 Å². The molecule has 2 aromatic heterocycles. The number of hydrogen-bond acceptors (Lipinski definition) is 6. The molecular weight excluding hydrogens is 400 g/mol. The summed E-state index contributed by atoms with van der Waals surface area (Å²) in [5, 5.41) is 7.30. The van der Waals surface area contributed by atoms with Crippen LogP contribution < -0.4 is 15.9 Å². The Morgan fingerprint density at radius 2 is 1.87 bits per heavy atom. The van der Waals surface area contributed by atoms with Crippen molar-refractivity contribution in [3.8, 4) is 0 Å². The minimum atomic E-state index is -0.331. The van der Waals surface area contributed by atoms with Crippen LogP contribution in [0.2, 0.25) is 0 Å². The first-order chi connectivity index (χ1) is 14.7. The summed E-state index contributed by atoms with van der Waals surface area (Å²) in [5.74, 6) is 0.461. The SMILES string of the molecule is CSc1ccc(CNC(=O)Cn2nc3c(N4CCCCCC4)nccn3c2=O)cc1. The predicted octanol–water partition coefficient (Wildman–Crippen LogP) is 2.31. The Kier molecular flexibility index (Phi) is 6.37. The first kappa shape index (κ1) is 20.5. The number of carbonyl (C=O) groups is 1. The Morgan fingerprint density at radius 1 is 1.13 bits per heavy atom. The maximum atomic E-state index is 12.7. The number of fused-ring (bicyclic) bond motifs is 1. The second kappa shape index (κ2) is 9.34. The molecule has 1 amide bonds. The van der Waals surface area contributed by atoms with Crippen molar-refractivity contribution in [1.29, 1.82) is 0 Å². The Morgan fingerprint density at radius 3 is 2.57 bits per heavy atom. The van der Waals surface area contributed by atoms with Crippen molar-refractivity contribution in [2.24, 2.45) is 0 Å². The average molecular weight is 427 g/mol. The van der Waals surface area contributed by atoms with Gasteiger partial charge >= 0.3 is 5.69 Å². The van der Waals surface area contributed by atoms with Gasteiger partial charge in [-0.3, -0.25) is 4.79 Å². The summed E-state index contributed by atoms with van der Waals surface area (Å²) in [6, 6.07) is 8.02. The molecule has 1 fully saturated rings. The normalized spacial score (nSPS) is 14.6. The quantitative estimate of drug-likeness (QED) is 0.609. The standard InChI is InChI=1S/C21H26N6O2S/c1-30-17-8-6-16(7-9-17)14-23-18(28)15-27-21(29)26-13-10-22-19(20(26)24-27)25-11-4-2-3-5-12-25/h6-10,13H,2-5,11-12,14-15H2,1H3,(H,23,28). The lowest BCUT2D eigenvalue weighted by Gasteiger charge is -2.20. The van der Waals surface area contributed by atoms with Crippen molar-refractivity contribution < 1.29 is 4.79 Å². The van der Waals surface area contributed by atoms with E-state index in [1.165, 1.54) is 26.8 Å². The molecule has 30 heavy (non-hydrogen) atoms. The van der Waals surface area contributed by atoms with E-state index in [0.717, 1.165) is 31.5 Å². The summed E-state index contributed by atoms with van der Waals surface area (Å²) in [6.45, 7) is 2.10. The minimum absolute atomic E-state index is 0.122. The van der Waals surface area contributed by atoms with Crippen LogP contribution in [-0.2, 0) is 17.9 Å². The highest BCUT2D eigenvalue weighted by atomic mass is 32.2. The zero-order valence-corrected chi connectivity index (χ0v) is 17.9. The number of benzene rings is 1. The maximum Gasteiger partial charge on any atom is 0.350 e. The highest BCUT2D eigenvalue weighted by Gasteiger charge is 2.19. The molecule has 3 aromatic rings. The lowest BCUT2D eigenvalue weighted by molar-refractivity contribution is -0.122. The van der Waals surface area contributed by atoms with Crippen molar-refractivity contribution >= 4 is 29.1 Å². The van der Waals surface area contributed by atoms with Crippen molar-refractivity contribution in [3.63, 3.8) is 0 Å². The Bertz CT molecular complexity index is 1070. The Balaban J connectivity index is 1.48. The molecule has 0 bridgehead atoms. The second-order valence-electron chi connectivity index (χ2n) is 7.41. The van der Waals surface area contributed by atoms with E-state index in [9.17, 15) is 9.59 Å². The highest BCUT2D eigenvalue weighted by Crippen LogP contribution is 2.20. The molecule has 1 N–H and O–H groups in total. The molecule has 1 saturated heterocycles. The Labute approximate surface area is 179 Å². The number of amides is 1. The van der Waals surface area contributed by atoms with E-state index in [-0.39, 0.29) is 18.1 Å². The van der Waals surface area contributed by atoms with Crippen LogP contribution in [0.25, 0.3) is 5.65 Å². The smallest absolute Gasteiger partial charge is 0.350 e. The van der Waals surface area contributed by atoms with Gasteiger partial charge in [-0.2, -0.15) is 0 Å². The average Bonchev–Trinajstić information content (AvgIpc) is 2.95. The first-order valence-electron chi connectivity index (χ1n) is 10.2. The number of nitrogens with one attached hydrogen (secondary N) is 1. The fourth-order valence-electron chi connectivity index (χ4n) is 3.68. The van der Waals surface area contributed by atoms with Crippen molar-refractivity contribution in [3.05, 3.63) is 52.7 Å². The van der Waals surface area contributed by atoms with E-state index in [1.807, 2.05) is 30.5 Å². The van der Waals surface area contributed by atoms with Crippen LogP contribution in [0.1, 0.15) is 31.2 Å². The first-order valence-corrected chi connectivity index (χ1v) is 11.5. The third kappa shape index (κ3) is 4.51. The summed E-state index contributed by atoms with van der Waals surface area (Å²) in [4.78, 5) is 33.0. The van der Waals surface area contributed by atoms with Crippen LogP contribution in [0, 0.1) is 0 Å². The molecule has 0 spiro atoms. The lowest BCUT2D eigenvalue weighted by atomic mass is 10.2. The molecular formula is C21H26N6O2S. The van der Waals surface area contributed by atoms with E-state index < -0.39 is 0 Å². The van der Waals surface area contributed by atoms with Gasteiger partial charge in [-0.15, -0.1) is 16.9 Å². The van der Waals surface area contributed by atoms with E-state index >= 15 is 0 Å². The number of aromatic nitrogens is 4. The van der Waals surface area contributed by atoms with Crippen LogP contribution >= 0.6 is 11.8 Å². The van der Waals surface area contributed by atoms with Gasteiger partial charge in [0.25, 0.3) is 0 Å². The fraction of sp³-hybridized carbons (Fsp3) is 0.429. The molecule has 0 radical (unpaired) electrons. The van der Waals surface area contributed by atoms with Gasteiger partial charge in [0.2, 0.25) is 11.6 Å². The molecule has 1 aliphatic rings. The third-order valence-corrected chi connectivity index (χ3v) is 6.07. The number of anilines is 1. The molecule has 1 aliphatic heterocycles.